The molecule has 8 nitrogen and oxygen atoms in total. The molecule has 0 bridgehead atoms. The number of ether oxygens (including phenoxy) is 1. The number of aromatic nitrogens is 2. The number of pyridine rings is 1. The molecule has 1 aliphatic heterocycles. The number of para-hydroxylation sites is 2. The van der Waals surface area contributed by atoms with E-state index in [1.807, 2.05) is 42.5 Å². The number of fused-ring (bicyclic) bond motifs is 1. The van der Waals surface area contributed by atoms with Gasteiger partial charge in [0.1, 0.15) is 11.8 Å². The highest BCUT2D eigenvalue weighted by molar-refractivity contribution is 5.90. The number of carbonyl (C=O) groups excluding carboxylic acids is 1. The Bertz CT molecular complexity index is 1130. The number of hydrogen-bond acceptors (Lipinski definition) is 5. The first kappa shape index (κ1) is 25.6. The van der Waals surface area contributed by atoms with E-state index in [2.05, 4.69) is 10.00 Å². The van der Waals surface area contributed by atoms with Gasteiger partial charge < -0.3 is 15.4 Å². The highest BCUT2D eigenvalue weighted by atomic mass is 19.4. The number of anilines is 2. The molecule has 1 aliphatic rings. The van der Waals surface area contributed by atoms with Crippen molar-refractivity contribution in [2.45, 2.75) is 31.5 Å². The number of halogens is 3. The number of benzene rings is 1. The van der Waals surface area contributed by atoms with Gasteiger partial charge in [0.05, 0.1) is 18.3 Å². The number of methoxy groups -OCH3 is 1. The van der Waals surface area contributed by atoms with Crippen molar-refractivity contribution < 1.29 is 22.7 Å². The zero-order valence-electron chi connectivity index (χ0n) is 20.2. The minimum Gasteiger partial charge on any atom is -0.495 e. The van der Waals surface area contributed by atoms with Crippen molar-refractivity contribution in [3.8, 4) is 5.75 Å². The quantitative estimate of drug-likeness (QED) is 0.443. The van der Waals surface area contributed by atoms with Gasteiger partial charge in [0.2, 0.25) is 0 Å². The van der Waals surface area contributed by atoms with E-state index in [1.54, 1.807) is 23.9 Å². The summed E-state index contributed by atoms with van der Waals surface area (Å²) >= 11 is 0. The van der Waals surface area contributed by atoms with E-state index in [0.717, 1.165) is 11.2 Å². The average Bonchev–Trinajstić information content (AvgIpc) is 3.29. The zero-order chi connectivity index (χ0) is 25.7. The second kappa shape index (κ2) is 11.1. The number of primary amides is 1. The van der Waals surface area contributed by atoms with E-state index in [9.17, 15) is 18.0 Å². The molecule has 2 amide bonds. The van der Waals surface area contributed by atoms with Crippen molar-refractivity contribution in [3.63, 3.8) is 0 Å². The molecule has 0 saturated carbocycles. The van der Waals surface area contributed by atoms with E-state index in [4.69, 9.17) is 10.5 Å². The number of unbranched alkanes of at least 4 members (excludes halogenated alkanes) is 1. The second-order valence-corrected chi connectivity index (χ2v) is 8.81. The van der Waals surface area contributed by atoms with Gasteiger partial charge in [-0.05, 0) is 43.5 Å². The third kappa shape index (κ3) is 5.84. The Kier molecular flexibility index (Phi) is 7.88. The number of urea groups is 1. The summed E-state index contributed by atoms with van der Waals surface area (Å²) in [5.74, 6) is 1.09. The summed E-state index contributed by atoms with van der Waals surface area (Å²) in [6, 6.07) is 12.5. The summed E-state index contributed by atoms with van der Waals surface area (Å²) in [5.41, 5.74) is 7.22. The molecule has 1 saturated heterocycles. The van der Waals surface area contributed by atoms with E-state index in [-0.39, 0.29) is 13.0 Å². The largest absolute Gasteiger partial charge is 0.495 e. The molecule has 3 heterocycles. The van der Waals surface area contributed by atoms with Gasteiger partial charge in [0, 0.05) is 45.0 Å². The van der Waals surface area contributed by atoms with Crippen molar-refractivity contribution in [2.75, 3.05) is 49.6 Å². The summed E-state index contributed by atoms with van der Waals surface area (Å²) in [5, 5.41) is 4.35. The summed E-state index contributed by atoms with van der Waals surface area (Å²) in [7, 11) is 1.59. The van der Waals surface area contributed by atoms with Crippen LogP contribution in [0.3, 0.4) is 0 Å². The van der Waals surface area contributed by atoms with E-state index in [0.29, 0.717) is 50.6 Å². The standard InChI is InChI=1S/C25H31F3N6O2/c1-36-21-10-3-2-9-20(21)31-14-16-32(17-15-31)22(25(26,27)28)11-5-6-12-33(24(29)35)23-18-19-8-4-7-13-34(19)30-23/h2-4,7-10,13,18,22H,5-6,11-12,14-17H2,1H3,(H2,29,35). The maximum atomic E-state index is 14.0. The summed E-state index contributed by atoms with van der Waals surface area (Å²) < 4.78 is 48.9. The van der Waals surface area contributed by atoms with Gasteiger partial charge in [-0.1, -0.05) is 18.2 Å². The first-order chi connectivity index (χ1) is 17.3. The molecule has 194 valence electrons. The molecule has 0 aliphatic carbocycles. The van der Waals surface area contributed by atoms with Gasteiger partial charge in [0.15, 0.2) is 5.82 Å². The molecule has 3 aromatic rings. The molecule has 36 heavy (non-hydrogen) atoms. The van der Waals surface area contributed by atoms with Crippen LogP contribution in [0.25, 0.3) is 5.52 Å². The van der Waals surface area contributed by atoms with E-state index >= 15 is 0 Å². The lowest BCUT2D eigenvalue weighted by atomic mass is 10.1. The van der Waals surface area contributed by atoms with Crippen LogP contribution in [-0.4, -0.2) is 72.6 Å². The van der Waals surface area contributed by atoms with Crippen molar-refractivity contribution in [2.24, 2.45) is 5.73 Å². The van der Waals surface area contributed by atoms with Crippen molar-refractivity contribution in [3.05, 3.63) is 54.7 Å². The van der Waals surface area contributed by atoms with Crippen molar-refractivity contribution in [1.82, 2.24) is 14.5 Å². The van der Waals surface area contributed by atoms with Crippen LogP contribution < -0.4 is 20.3 Å². The molecule has 11 heteroatoms. The van der Waals surface area contributed by atoms with E-state index < -0.39 is 18.2 Å². The fraction of sp³-hybridized carbons (Fsp3) is 0.440. The number of amides is 2. The van der Waals surface area contributed by atoms with Gasteiger partial charge in [-0.2, -0.15) is 13.2 Å². The molecule has 0 radical (unpaired) electrons. The van der Waals surface area contributed by atoms with E-state index in [1.165, 1.54) is 9.80 Å². The lowest BCUT2D eigenvalue weighted by molar-refractivity contribution is -0.186. The van der Waals surface area contributed by atoms with Gasteiger partial charge in [-0.3, -0.25) is 9.80 Å². The Morgan fingerprint density at radius 1 is 1.11 bits per heavy atom. The van der Waals surface area contributed by atoms with Crippen LogP contribution in [0, 0.1) is 0 Å². The van der Waals surface area contributed by atoms with Crippen LogP contribution in [0.5, 0.6) is 5.75 Å². The molecular weight excluding hydrogens is 473 g/mol. The molecule has 1 atom stereocenters. The highest BCUT2D eigenvalue weighted by Gasteiger charge is 2.43. The molecular formula is C25H31F3N6O2. The summed E-state index contributed by atoms with van der Waals surface area (Å²) in [6.45, 7) is 1.77. The monoisotopic (exact) mass is 504 g/mol. The molecule has 4 rings (SSSR count). The summed E-state index contributed by atoms with van der Waals surface area (Å²) in [6.07, 6.45) is -1.95. The smallest absolute Gasteiger partial charge is 0.404 e. The molecule has 0 spiro atoms. The Hall–Kier alpha value is -3.47. The van der Waals surface area contributed by atoms with Gasteiger partial charge in [-0.25, -0.2) is 9.31 Å². The van der Waals surface area contributed by atoms with Crippen LogP contribution >= 0.6 is 0 Å². The predicted octanol–water partition coefficient (Wildman–Crippen LogP) is 4.15. The van der Waals surface area contributed by atoms with Gasteiger partial charge in [0.25, 0.3) is 0 Å². The SMILES string of the molecule is COc1ccccc1N1CCN(C(CCCCN(C(N)=O)c2cc3ccccn3n2)C(F)(F)F)CC1. The number of piperazine rings is 1. The van der Waals surface area contributed by atoms with Crippen molar-refractivity contribution in [1.29, 1.82) is 0 Å². The third-order valence-electron chi connectivity index (χ3n) is 6.57. The molecule has 1 unspecified atom stereocenters. The number of nitrogens with two attached hydrogens (primary N) is 1. The number of alkyl halides is 3. The summed E-state index contributed by atoms with van der Waals surface area (Å²) in [4.78, 5) is 16.9. The second-order valence-electron chi connectivity index (χ2n) is 8.81. The Balaban J connectivity index is 1.33. The normalized spacial score (nSPS) is 15.7. The van der Waals surface area contributed by atoms with Crippen LogP contribution in [-0.2, 0) is 0 Å². The first-order valence-electron chi connectivity index (χ1n) is 12.0. The Labute approximate surface area is 208 Å². The van der Waals surface area contributed by atoms with Crippen LogP contribution in [0.15, 0.2) is 54.7 Å². The maximum Gasteiger partial charge on any atom is 0.404 e. The molecule has 2 aromatic heterocycles. The predicted molar refractivity (Wildman–Crippen MR) is 133 cm³/mol. The zero-order valence-corrected chi connectivity index (χ0v) is 20.2. The number of nitrogens with zero attached hydrogens (tertiary/aromatic N) is 5. The van der Waals surface area contributed by atoms with Crippen LogP contribution in [0.1, 0.15) is 19.3 Å². The highest BCUT2D eigenvalue weighted by Crippen LogP contribution is 2.32. The number of hydrogen-bond donors (Lipinski definition) is 1. The van der Waals surface area contributed by atoms with Crippen LogP contribution in [0.4, 0.5) is 29.5 Å². The lowest BCUT2D eigenvalue weighted by Gasteiger charge is -2.41. The maximum absolute atomic E-state index is 14.0. The minimum atomic E-state index is -4.34. The minimum absolute atomic E-state index is 0.0457. The van der Waals surface area contributed by atoms with Crippen molar-refractivity contribution >= 4 is 23.1 Å². The van der Waals surface area contributed by atoms with Crippen LogP contribution in [0.2, 0.25) is 0 Å². The number of carbonyl (C=O) groups is 1. The fourth-order valence-corrected chi connectivity index (χ4v) is 4.72. The first-order valence-corrected chi connectivity index (χ1v) is 12.0. The molecule has 1 aromatic carbocycles. The third-order valence-corrected chi connectivity index (χ3v) is 6.57. The van der Waals surface area contributed by atoms with Gasteiger partial charge in [-0.15, -0.1) is 5.10 Å². The Morgan fingerprint density at radius 2 is 1.83 bits per heavy atom. The average molecular weight is 505 g/mol. The van der Waals surface area contributed by atoms with Gasteiger partial charge >= 0.3 is 12.2 Å². The molecule has 1 fully saturated rings. The topological polar surface area (TPSA) is 79.3 Å². The molecule has 2 N–H and O–H groups in total. The fourth-order valence-electron chi connectivity index (χ4n) is 4.72. The Morgan fingerprint density at radius 3 is 2.50 bits per heavy atom. The number of rotatable bonds is 9. The lowest BCUT2D eigenvalue weighted by Crippen LogP contribution is -2.55.